The predicted octanol–water partition coefficient (Wildman–Crippen LogP) is 1.62. The Balaban J connectivity index is 3.44. The Morgan fingerprint density at radius 2 is 2.15 bits per heavy atom. The Bertz CT molecular complexity index is 166. The fourth-order valence-electron chi connectivity index (χ4n) is 0.917. The molecule has 0 aliphatic carbocycles. The largest absolute Gasteiger partial charge is 0.462 e. The van der Waals surface area contributed by atoms with E-state index in [1.807, 2.05) is 6.92 Å². The summed E-state index contributed by atoms with van der Waals surface area (Å²) in [5.41, 5.74) is 5.86. The quantitative estimate of drug-likeness (QED) is 0.372. The van der Waals surface area contributed by atoms with Crippen molar-refractivity contribution in [2.24, 2.45) is 5.73 Å². The van der Waals surface area contributed by atoms with Crippen LogP contribution in [0.25, 0.3) is 0 Å². The Kier molecular flexibility index (Phi) is 7.30. The van der Waals surface area contributed by atoms with Gasteiger partial charge in [0.05, 0.1) is 6.61 Å². The number of hydrogen-bond acceptors (Lipinski definition) is 3. The van der Waals surface area contributed by atoms with E-state index < -0.39 is 0 Å². The minimum absolute atomic E-state index is 0.265. The molecule has 0 spiro atoms. The van der Waals surface area contributed by atoms with Gasteiger partial charge in [-0.25, -0.2) is 4.79 Å². The van der Waals surface area contributed by atoms with Crippen molar-refractivity contribution in [3.8, 4) is 0 Å². The second-order valence-corrected chi connectivity index (χ2v) is 2.99. The Hall–Kier alpha value is -0.830. The van der Waals surface area contributed by atoms with Gasteiger partial charge in [-0.3, -0.25) is 0 Å². The third-order valence-corrected chi connectivity index (χ3v) is 1.67. The van der Waals surface area contributed by atoms with Crippen LogP contribution in [0, 0.1) is 0 Å². The number of rotatable bonds is 7. The molecule has 0 aliphatic rings. The normalized spacial score (nSPS) is 9.69. The van der Waals surface area contributed by atoms with Crippen molar-refractivity contribution in [2.75, 3.05) is 13.2 Å². The maximum absolute atomic E-state index is 11.1. The highest BCUT2D eigenvalue weighted by Crippen LogP contribution is 2.04. The molecule has 0 atom stereocenters. The van der Waals surface area contributed by atoms with Gasteiger partial charge >= 0.3 is 5.97 Å². The van der Waals surface area contributed by atoms with Gasteiger partial charge in [0.15, 0.2) is 0 Å². The molecule has 0 aromatic rings. The first-order valence-electron chi connectivity index (χ1n) is 4.77. The van der Waals surface area contributed by atoms with Crippen LogP contribution in [-0.4, -0.2) is 19.1 Å². The van der Waals surface area contributed by atoms with E-state index in [0.717, 1.165) is 25.7 Å². The molecule has 0 bridgehead atoms. The monoisotopic (exact) mass is 185 g/mol. The molecular weight excluding hydrogens is 166 g/mol. The summed E-state index contributed by atoms with van der Waals surface area (Å²) in [5.74, 6) is -0.265. The zero-order valence-electron chi connectivity index (χ0n) is 8.34. The van der Waals surface area contributed by atoms with Crippen molar-refractivity contribution in [1.82, 2.24) is 0 Å². The molecule has 0 aromatic heterocycles. The van der Waals surface area contributed by atoms with E-state index in [1.54, 1.807) is 0 Å². The Morgan fingerprint density at radius 1 is 1.46 bits per heavy atom. The highest BCUT2D eigenvalue weighted by Gasteiger charge is 2.05. The van der Waals surface area contributed by atoms with Gasteiger partial charge < -0.3 is 10.5 Å². The predicted molar refractivity (Wildman–Crippen MR) is 53.3 cm³/mol. The second-order valence-electron chi connectivity index (χ2n) is 2.99. The van der Waals surface area contributed by atoms with Crippen LogP contribution in [0.2, 0.25) is 0 Å². The number of esters is 1. The number of carbonyl (C=O) groups excluding carboxylic acids is 1. The van der Waals surface area contributed by atoms with Gasteiger partial charge in [-0.15, -0.1) is 0 Å². The van der Waals surface area contributed by atoms with Crippen LogP contribution in [0.5, 0.6) is 0 Å². The molecule has 3 nitrogen and oxygen atoms in total. The molecule has 0 saturated carbocycles. The summed E-state index contributed by atoms with van der Waals surface area (Å²) >= 11 is 0. The van der Waals surface area contributed by atoms with Gasteiger partial charge in [-0.2, -0.15) is 0 Å². The van der Waals surface area contributed by atoms with Gasteiger partial charge in [0.25, 0.3) is 0 Å². The summed E-state index contributed by atoms with van der Waals surface area (Å²) in [7, 11) is 0. The lowest BCUT2D eigenvalue weighted by Gasteiger charge is -2.05. The Morgan fingerprint density at radius 3 is 2.69 bits per heavy atom. The molecule has 3 heteroatoms. The third-order valence-electron chi connectivity index (χ3n) is 1.67. The van der Waals surface area contributed by atoms with Crippen LogP contribution >= 0.6 is 0 Å². The summed E-state index contributed by atoms with van der Waals surface area (Å²) in [6.45, 7) is 6.75. The van der Waals surface area contributed by atoms with Crippen molar-refractivity contribution in [3.63, 3.8) is 0 Å². The Labute approximate surface area is 79.9 Å². The number of unbranched alkanes of at least 4 members (excludes halogenated alkanes) is 1. The van der Waals surface area contributed by atoms with Gasteiger partial charge in [0, 0.05) is 5.57 Å². The van der Waals surface area contributed by atoms with E-state index in [1.165, 1.54) is 0 Å². The zero-order chi connectivity index (χ0) is 10.1. The lowest BCUT2D eigenvalue weighted by Crippen LogP contribution is -2.09. The lowest BCUT2D eigenvalue weighted by atomic mass is 10.2. The topological polar surface area (TPSA) is 52.3 Å². The first-order chi connectivity index (χ1) is 6.22. The second kappa shape index (κ2) is 7.80. The van der Waals surface area contributed by atoms with E-state index >= 15 is 0 Å². The van der Waals surface area contributed by atoms with Crippen molar-refractivity contribution in [2.45, 2.75) is 32.6 Å². The van der Waals surface area contributed by atoms with E-state index in [4.69, 9.17) is 10.5 Å². The summed E-state index contributed by atoms with van der Waals surface area (Å²) in [5, 5.41) is 0. The van der Waals surface area contributed by atoms with E-state index in [2.05, 4.69) is 6.58 Å². The summed E-state index contributed by atoms with van der Waals surface area (Å²) in [6, 6.07) is 0. The number of ether oxygens (including phenoxy) is 1. The fourth-order valence-corrected chi connectivity index (χ4v) is 0.917. The van der Waals surface area contributed by atoms with Crippen LogP contribution in [0.3, 0.4) is 0 Å². The van der Waals surface area contributed by atoms with Gasteiger partial charge in [-0.05, 0) is 25.8 Å². The van der Waals surface area contributed by atoms with Crippen LogP contribution < -0.4 is 5.73 Å². The molecule has 13 heavy (non-hydrogen) atoms. The van der Waals surface area contributed by atoms with Gasteiger partial charge in [0.1, 0.15) is 0 Å². The number of nitrogens with two attached hydrogens (primary N) is 1. The average molecular weight is 185 g/mol. The first-order valence-corrected chi connectivity index (χ1v) is 4.77. The van der Waals surface area contributed by atoms with Crippen LogP contribution in [0.15, 0.2) is 12.2 Å². The maximum Gasteiger partial charge on any atom is 0.333 e. The summed E-state index contributed by atoms with van der Waals surface area (Å²) < 4.78 is 4.96. The van der Waals surface area contributed by atoms with Gasteiger partial charge in [-0.1, -0.05) is 19.9 Å². The fraction of sp³-hybridized carbons (Fsp3) is 0.700. The molecule has 0 amide bonds. The molecule has 0 fully saturated rings. The first kappa shape index (κ1) is 12.2. The van der Waals surface area contributed by atoms with Crippen molar-refractivity contribution >= 4 is 5.97 Å². The molecule has 0 unspecified atom stereocenters. The molecule has 0 radical (unpaired) electrons. The average Bonchev–Trinajstić information content (AvgIpc) is 2.12. The molecule has 0 heterocycles. The summed E-state index contributed by atoms with van der Waals surface area (Å²) in [6.07, 6.45) is 3.38. The highest BCUT2D eigenvalue weighted by molar-refractivity contribution is 5.87. The number of carbonyl (C=O) groups is 1. The molecule has 0 rings (SSSR count). The molecule has 76 valence electrons. The lowest BCUT2D eigenvalue weighted by molar-refractivity contribution is -0.139. The van der Waals surface area contributed by atoms with Crippen molar-refractivity contribution < 1.29 is 9.53 Å². The van der Waals surface area contributed by atoms with E-state index in [9.17, 15) is 4.79 Å². The van der Waals surface area contributed by atoms with Crippen LogP contribution in [-0.2, 0) is 9.53 Å². The molecular formula is C10H19NO2. The van der Waals surface area contributed by atoms with Crippen molar-refractivity contribution in [1.29, 1.82) is 0 Å². The molecule has 0 aromatic carbocycles. The van der Waals surface area contributed by atoms with Crippen molar-refractivity contribution in [3.05, 3.63) is 12.2 Å². The SMILES string of the molecule is C=C(CCC)C(=O)OCCCCN. The highest BCUT2D eigenvalue weighted by atomic mass is 16.5. The molecule has 0 saturated heterocycles. The van der Waals surface area contributed by atoms with E-state index in [-0.39, 0.29) is 5.97 Å². The maximum atomic E-state index is 11.1. The van der Waals surface area contributed by atoms with E-state index in [0.29, 0.717) is 18.7 Å². The third kappa shape index (κ3) is 6.34. The standard InChI is InChI=1S/C10H19NO2/c1-3-6-9(2)10(12)13-8-5-4-7-11/h2-8,11H2,1H3. The molecule has 0 aliphatic heterocycles. The zero-order valence-corrected chi connectivity index (χ0v) is 8.34. The van der Waals surface area contributed by atoms with Crippen LogP contribution in [0.1, 0.15) is 32.6 Å². The van der Waals surface area contributed by atoms with Gasteiger partial charge in [0.2, 0.25) is 0 Å². The van der Waals surface area contributed by atoms with Crippen LogP contribution in [0.4, 0.5) is 0 Å². The minimum atomic E-state index is -0.265. The number of hydrogen-bond donors (Lipinski definition) is 1. The summed E-state index contributed by atoms with van der Waals surface area (Å²) in [4.78, 5) is 11.1. The smallest absolute Gasteiger partial charge is 0.333 e. The minimum Gasteiger partial charge on any atom is -0.462 e. The molecule has 2 N–H and O–H groups in total.